The summed E-state index contributed by atoms with van der Waals surface area (Å²) in [7, 11) is 1.47. The van der Waals surface area contributed by atoms with E-state index in [1.54, 1.807) is 6.07 Å². The third kappa shape index (κ3) is 5.17. The van der Waals surface area contributed by atoms with E-state index in [1.165, 1.54) is 13.2 Å². The monoisotopic (exact) mass is 269 g/mol. The van der Waals surface area contributed by atoms with Crippen LogP contribution in [0.5, 0.6) is 5.75 Å². The molecule has 0 radical (unpaired) electrons. The maximum Gasteiger partial charge on any atom is 0.165 e. The first-order chi connectivity index (χ1) is 9.08. The minimum absolute atomic E-state index is 0.269. The summed E-state index contributed by atoms with van der Waals surface area (Å²) in [6, 6.07) is 5.29. The van der Waals surface area contributed by atoms with Crippen molar-refractivity contribution in [2.75, 3.05) is 20.3 Å². The highest BCUT2D eigenvalue weighted by molar-refractivity contribution is 5.29. The van der Waals surface area contributed by atoms with Gasteiger partial charge in [-0.05, 0) is 30.5 Å². The zero-order valence-corrected chi connectivity index (χ0v) is 12.2. The standard InChI is InChI=1S/C15H24FNO2/c1-5-19-10-14(11(2)3)17-9-12-6-7-15(18-4)13(16)8-12/h6-8,11,14,17H,5,9-10H2,1-4H3. The van der Waals surface area contributed by atoms with E-state index in [9.17, 15) is 4.39 Å². The van der Waals surface area contributed by atoms with Gasteiger partial charge in [0.05, 0.1) is 13.7 Å². The van der Waals surface area contributed by atoms with Crippen LogP contribution in [0.2, 0.25) is 0 Å². The molecule has 0 amide bonds. The van der Waals surface area contributed by atoms with Gasteiger partial charge in [-0.15, -0.1) is 0 Å². The fraction of sp³-hybridized carbons (Fsp3) is 0.600. The number of benzene rings is 1. The van der Waals surface area contributed by atoms with Crippen molar-refractivity contribution in [2.45, 2.75) is 33.4 Å². The Morgan fingerprint density at radius 3 is 2.58 bits per heavy atom. The number of nitrogens with one attached hydrogen (secondary N) is 1. The fourth-order valence-corrected chi connectivity index (χ4v) is 1.80. The first-order valence-electron chi connectivity index (χ1n) is 6.72. The van der Waals surface area contributed by atoms with Gasteiger partial charge in [0.2, 0.25) is 0 Å². The predicted molar refractivity (Wildman–Crippen MR) is 74.9 cm³/mol. The molecular weight excluding hydrogens is 245 g/mol. The maximum absolute atomic E-state index is 13.6. The van der Waals surface area contributed by atoms with Gasteiger partial charge in [-0.25, -0.2) is 4.39 Å². The molecular formula is C15H24FNO2. The SMILES string of the molecule is CCOCC(NCc1ccc(OC)c(F)c1)C(C)C. The third-order valence-electron chi connectivity index (χ3n) is 3.09. The van der Waals surface area contributed by atoms with Crippen LogP contribution in [-0.4, -0.2) is 26.4 Å². The lowest BCUT2D eigenvalue weighted by Crippen LogP contribution is -2.37. The minimum Gasteiger partial charge on any atom is -0.494 e. The van der Waals surface area contributed by atoms with Crippen molar-refractivity contribution in [1.29, 1.82) is 0 Å². The summed E-state index contributed by atoms with van der Waals surface area (Å²) >= 11 is 0. The zero-order chi connectivity index (χ0) is 14.3. The van der Waals surface area contributed by atoms with Gasteiger partial charge < -0.3 is 14.8 Å². The Hall–Kier alpha value is -1.13. The molecule has 0 fully saturated rings. The van der Waals surface area contributed by atoms with Crippen LogP contribution in [0, 0.1) is 11.7 Å². The second-order valence-corrected chi connectivity index (χ2v) is 4.86. The van der Waals surface area contributed by atoms with E-state index in [-0.39, 0.29) is 17.6 Å². The van der Waals surface area contributed by atoms with Gasteiger partial charge in [0.25, 0.3) is 0 Å². The largest absolute Gasteiger partial charge is 0.494 e. The molecule has 4 heteroatoms. The van der Waals surface area contributed by atoms with Gasteiger partial charge in [0.1, 0.15) is 0 Å². The Balaban J connectivity index is 2.56. The Bertz CT molecular complexity index is 382. The maximum atomic E-state index is 13.6. The van der Waals surface area contributed by atoms with Crippen LogP contribution in [0.3, 0.4) is 0 Å². The molecule has 1 atom stereocenters. The molecule has 1 aromatic carbocycles. The molecule has 1 N–H and O–H groups in total. The summed E-state index contributed by atoms with van der Waals surface area (Å²) in [6.07, 6.45) is 0. The van der Waals surface area contributed by atoms with Gasteiger partial charge in [0.15, 0.2) is 11.6 Å². The lowest BCUT2D eigenvalue weighted by Gasteiger charge is -2.22. The van der Waals surface area contributed by atoms with E-state index in [1.807, 2.05) is 13.0 Å². The van der Waals surface area contributed by atoms with Gasteiger partial charge in [0, 0.05) is 19.2 Å². The normalized spacial score (nSPS) is 12.7. The van der Waals surface area contributed by atoms with E-state index in [0.717, 1.165) is 5.56 Å². The summed E-state index contributed by atoms with van der Waals surface area (Å²) < 4.78 is 23.9. The van der Waals surface area contributed by atoms with E-state index >= 15 is 0 Å². The number of rotatable bonds is 8. The van der Waals surface area contributed by atoms with Crippen molar-refractivity contribution >= 4 is 0 Å². The molecule has 1 rings (SSSR count). The number of hydrogen-bond donors (Lipinski definition) is 1. The lowest BCUT2D eigenvalue weighted by atomic mass is 10.0. The molecule has 1 unspecified atom stereocenters. The number of ether oxygens (including phenoxy) is 2. The predicted octanol–water partition coefficient (Wildman–Crippen LogP) is 2.99. The molecule has 0 aliphatic rings. The van der Waals surface area contributed by atoms with Crippen LogP contribution in [-0.2, 0) is 11.3 Å². The van der Waals surface area contributed by atoms with Crippen molar-refractivity contribution in [1.82, 2.24) is 5.32 Å². The molecule has 3 nitrogen and oxygen atoms in total. The topological polar surface area (TPSA) is 30.5 Å². The van der Waals surface area contributed by atoms with Crippen LogP contribution < -0.4 is 10.1 Å². The zero-order valence-electron chi connectivity index (χ0n) is 12.2. The Morgan fingerprint density at radius 2 is 2.05 bits per heavy atom. The van der Waals surface area contributed by atoms with Crippen molar-refractivity contribution in [3.8, 4) is 5.75 Å². The van der Waals surface area contributed by atoms with Crippen LogP contribution in [0.25, 0.3) is 0 Å². The summed E-state index contributed by atoms with van der Waals surface area (Å²) in [5, 5.41) is 3.40. The summed E-state index contributed by atoms with van der Waals surface area (Å²) in [5.41, 5.74) is 0.903. The summed E-state index contributed by atoms with van der Waals surface area (Å²) in [5.74, 6) is 0.417. The quantitative estimate of drug-likeness (QED) is 0.787. The van der Waals surface area contributed by atoms with Crippen molar-refractivity contribution in [3.05, 3.63) is 29.6 Å². The van der Waals surface area contributed by atoms with E-state index < -0.39 is 0 Å². The molecule has 0 aromatic heterocycles. The molecule has 0 bridgehead atoms. The molecule has 0 aliphatic heterocycles. The Morgan fingerprint density at radius 1 is 1.32 bits per heavy atom. The molecule has 0 saturated heterocycles. The first-order valence-corrected chi connectivity index (χ1v) is 6.72. The van der Waals surface area contributed by atoms with Crippen molar-refractivity contribution in [3.63, 3.8) is 0 Å². The summed E-state index contributed by atoms with van der Waals surface area (Å²) in [6.45, 7) is 8.28. The highest BCUT2D eigenvalue weighted by Gasteiger charge is 2.13. The highest BCUT2D eigenvalue weighted by atomic mass is 19.1. The minimum atomic E-state index is -0.326. The molecule has 19 heavy (non-hydrogen) atoms. The van der Waals surface area contributed by atoms with Crippen LogP contribution >= 0.6 is 0 Å². The van der Waals surface area contributed by atoms with E-state index in [4.69, 9.17) is 9.47 Å². The van der Waals surface area contributed by atoms with E-state index in [2.05, 4.69) is 19.2 Å². The Kier molecular flexibility index (Phi) is 6.81. The number of hydrogen-bond acceptors (Lipinski definition) is 3. The second kappa shape index (κ2) is 8.12. The number of halogens is 1. The van der Waals surface area contributed by atoms with Crippen LogP contribution in [0.15, 0.2) is 18.2 Å². The third-order valence-corrected chi connectivity index (χ3v) is 3.09. The second-order valence-electron chi connectivity index (χ2n) is 4.86. The Labute approximate surface area is 115 Å². The van der Waals surface area contributed by atoms with Gasteiger partial charge >= 0.3 is 0 Å². The molecule has 108 valence electrons. The van der Waals surface area contributed by atoms with Gasteiger partial charge in [-0.1, -0.05) is 19.9 Å². The average molecular weight is 269 g/mol. The van der Waals surface area contributed by atoms with Crippen LogP contribution in [0.1, 0.15) is 26.3 Å². The fourth-order valence-electron chi connectivity index (χ4n) is 1.80. The first kappa shape index (κ1) is 15.9. The van der Waals surface area contributed by atoms with Crippen LogP contribution in [0.4, 0.5) is 4.39 Å². The number of methoxy groups -OCH3 is 1. The molecule has 0 aliphatic carbocycles. The van der Waals surface area contributed by atoms with Gasteiger partial charge in [-0.3, -0.25) is 0 Å². The molecule has 0 saturated carbocycles. The average Bonchev–Trinajstić information content (AvgIpc) is 2.38. The molecule has 1 aromatic rings. The smallest absolute Gasteiger partial charge is 0.165 e. The molecule has 0 spiro atoms. The van der Waals surface area contributed by atoms with Crippen molar-refractivity contribution < 1.29 is 13.9 Å². The highest BCUT2D eigenvalue weighted by Crippen LogP contribution is 2.17. The lowest BCUT2D eigenvalue weighted by molar-refractivity contribution is 0.108. The van der Waals surface area contributed by atoms with Crippen molar-refractivity contribution in [2.24, 2.45) is 5.92 Å². The summed E-state index contributed by atoms with van der Waals surface area (Å²) in [4.78, 5) is 0. The van der Waals surface area contributed by atoms with Gasteiger partial charge in [-0.2, -0.15) is 0 Å². The molecule has 0 heterocycles. The van der Waals surface area contributed by atoms with E-state index in [0.29, 0.717) is 25.7 Å².